The molecule has 0 unspecified atom stereocenters. The van der Waals surface area contributed by atoms with E-state index in [2.05, 4.69) is 15.2 Å². The van der Waals surface area contributed by atoms with Gasteiger partial charge in [0.15, 0.2) is 0 Å². The standard InChI is InChI=1S/C19H27N3O2/c23-18(15-4-3-10-20-12-15)21-13-17-7-2-8-19(24-17)9-11-22(14-19)16-5-1-6-16/h3-4,10,12,16-17H,1-2,5-9,11,13-14H2,(H,21,23)/t17-,19-/m1/s1. The Morgan fingerprint density at radius 1 is 1.33 bits per heavy atom. The maximum absolute atomic E-state index is 12.2. The largest absolute Gasteiger partial charge is 0.369 e. The summed E-state index contributed by atoms with van der Waals surface area (Å²) >= 11 is 0. The van der Waals surface area contributed by atoms with Gasteiger partial charge in [0.25, 0.3) is 5.91 Å². The van der Waals surface area contributed by atoms with E-state index in [9.17, 15) is 4.79 Å². The van der Waals surface area contributed by atoms with E-state index in [4.69, 9.17) is 4.74 Å². The van der Waals surface area contributed by atoms with Gasteiger partial charge < -0.3 is 10.1 Å². The van der Waals surface area contributed by atoms with Crippen LogP contribution in [0.5, 0.6) is 0 Å². The zero-order valence-electron chi connectivity index (χ0n) is 14.2. The summed E-state index contributed by atoms with van der Waals surface area (Å²) in [5, 5.41) is 3.01. The maximum Gasteiger partial charge on any atom is 0.252 e. The molecule has 1 aromatic rings. The molecule has 2 saturated heterocycles. The topological polar surface area (TPSA) is 54.5 Å². The average Bonchev–Trinajstić information content (AvgIpc) is 2.94. The van der Waals surface area contributed by atoms with Gasteiger partial charge in [0, 0.05) is 38.1 Å². The van der Waals surface area contributed by atoms with Crippen molar-refractivity contribution in [1.29, 1.82) is 0 Å². The smallest absolute Gasteiger partial charge is 0.252 e. The van der Waals surface area contributed by atoms with Gasteiger partial charge in [-0.1, -0.05) is 6.42 Å². The summed E-state index contributed by atoms with van der Waals surface area (Å²) in [5.74, 6) is -0.0613. The molecule has 5 heteroatoms. The highest BCUT2D eigenvalue weighted by molar-refractivity contribution is 5.93. The molecule has 4 rings (SSSR count). The van der Waals surface area contributed by atoms with E-state index >= 15 is 0 Å². The van der Waals surface area contributed by atoms with Crippen LogP contribution in [0, 0.1) is 0 Å². The van der Waals surface area contributed by atoms with Crippen LogP contribution in [-0.4, -0.2) is 53.2 Å². The van der Waals surface area contributed by atoms with Gasteiger partial charge in [0.1, 0.15) is 0 Å². The first-order chi connectivity index (χ1) is 11.7. The number of pyridine rings is 1. The fraction of sp³-hybridized carbons (Fsp3) is 0.684. The van der Waals surface area contributed by atoms with Crippen LogP contribution in [0.2, 0.25) is 0 Å². The van der Waals surface area contributed by atoms with Crippen LogP contribution in [0.4, 0.5) is 0 Å². The summed E-state index contributed by atoms with van der Waals surface area (Å²) in [4.78, 5) is 18.8. The van der Waals surface area contributed by atoms with Gasteiger partial charge in [-0.3, -0.25) is 14.7 Å². The SMILES string of the molecule is O=C(NC[C@H]1CCC[C@]2(CCN(C3CCC3)C2)O1)c1cccnc1. The van der Waals surface area contributed by atoms with Crippen molar-refractivity contribution in [3.05, 3.63) is 30.1 Å². The number of hydrogen-bond acceptors (Lipinski definition) is 4. The van der Waals surface area contributed by atoms with E-state index in [0.717, 1.165) is 25.4 Å². The van der Waals surface area contributed by atoms with Crippen LogP contribution in [-0.2, 0) is 4.74 Å². The van der Waals surface area contributed by atoms with E-state index in [1.165, 1.54) is 38.6 Å². The van der Waals surface area contributed by atoms with E-state index in [-0.39, 0.29) is 17.6 Å². The van der Waals surface area contributed by atoms with Crippen LogP contribution >= 0.6 is 0 Å². The van der Waals surface area contributed by atoms with E-state index in [0.29, 0.717) is 12.1 Å². The first kappa shape index (κ1) is 16.0. The van der Waals surface area contributed by atoms with Crippen LogP contribution in [0.25, 0.3) is 0 Å². The second-order valence-corrected chi connectivity index (χ2v) is 7.57. The third kappa shape index (κ3) is 3.33. The van der Waals surface area contributed by atoms with Crippen molar-refractivity contribution in [3.8, 4) is 0 Å². The predicted octanol–water partition coefficient (Wildman–Crippen LogP) is 2.38. The lowest BCUT2D eigenvalue weighted by Crippen LogP contribution is -2.48. The van der Waals surface area contributed by atoms with Gasteiger partial charge in [-0.05, 0) is 50.7 Å². The number of likely N-dealkylation sites (tertiary alicyclic amines) is 1. The number of aromatic nitrogens is 1. The summed E-state index contributed by atoms with van der Waals surface area (Å²) in [6, 6.07) is 4.38. The minimum atomic E-state index is -0.0613. The Bertz CT molecular complexity index is 575. The quantitative estimate of drug-likeness (QED) is 0.921. The van der Waals surface area contributed by atoms with Crippen molar-refractivity contribution in [2.24, 2.45) is 0 Å². The number of nitrogens with one attached hydrogen (secondary N) is 1. The molecule has 2 aliphatic heterocycles. The summed E-state index contributed by atoms with van der Waals surface area (Å²) in [5.41, 5.74) is 0.650. The number of carbonyl (C=O) groups is 1. The number of nitrogens with zero attached hydrogens (tertiary/aromatic N) is 2. The second-order valence-electron chi connectivity index (χ2n) is 7.57. The molecule has 3 aliphatic rings. The van der Waals surface area contributed by atoms with Crippen molar-refractivity contribution >= 4 is 5.91 Å². The average molecular weight is 329 g/mol. The molecule has 0 bridgehead atoms. The first-order valence-corrected chi connectivity index (χ1v) is 9.34. The zero-order valence-corrected chi connectivity index (χ0v) is 14.2. The van der Waals surface area contributed by atoms with Gasteiger partial charge in [-0.15, -0.1) is 0 Å². The Labute approximate surface area is 143 Å². The molecular formula is C19H27N3O2. The highest BCUT2D eigenvalue weighted by Crippen LogP contribution is 2.39. The molecule has 2 atom stereocenters. The van der Waals surface area contributed by atoms with Gasteiger partial charge >= 0.3 is 0 Å². The van der Waals surface area contributed by atoms with Crippen LogP contribution in [0.3, 0.4) is 0 Å². The molecule has 5 nitrogen and oxygen atoms in total. The van der Waals surface area contributed by atoms with Gasteiger partial charge in [0.05, 0.1) is 17.3 Å². The molecule has 1 aromatic heterocycles. The van der Waals surface area contributed by atoms with Gasteiger partial charge in [0.2, 0.25) is 0 Å². The number of carbonyl (C=O) groups excluding carboxylic acids is 1. The van der Waals surface area contributed by atoms with Crippen LogP contribution in [0.15, 0.2) is 24.5 Å². The minimum Gasteiger partial charge on any atom is -0.369 e. The lowest BCUT2D eigenvalue weighted by molar-refractivity contribution is -0.120. The lowest BCUT2D eigenvalue weighted by atomic mass is 9.89. The summed E-state index contributed by atoms with van der Waals surface area (Å²) < 4.78 is 6.50. The molecule has 1 spiro atoms. The lowest BCUT2D eigenvalue weighted by Gasteiger charge is -2.41. The molecule has 1 N–H and O–H groups in total. The predicted molar refractivity (Wildman–Crippen MR) is 91.9 cm³/mol. The fourth-order valence-electron chi connectivity index (χ4n) is 4.31. The molecule has 3 heterocycles. The molecule has 130 valence electrons. The highest BCUT2D eigenvalue weighted by Gasteiger charge is 2.45. The van der Waals surface area contributed by atoms with E-state index < -0.39 is 0 Å². The molecular weight excluding hydrogens is 302 g/mol. The van der Waals surface area contributed by atoms with Crippen LogP contribution in [0.1, 0.15) is 55.3 Å². The number of rotatable bonds is 4. The molecule has 24 heavy (non-hydrogen) atoms. The number of hydrogen-bond donors (Lipinski definition) is 1. The van der Waals surface area contributed by atoms with Crippen molar-refractivity contribution in [1.82, 2.24) is 15.2 Å². The monoisotopic (exact) mass is 329 g/mol. The Kier molecular flexibility index (Phi) is 4.55. The minimum absolute atomic E-state index is 0.0392. The second kappa shape index (κ2) is 6.81. The van der Waals surface area contributed by atoms with Crippen molar-refractivity contribution in [2.45, 2.75) is 62.7 Å². The van der Waals surface area contributed by atoms with Crippen LogP contribution < -0.4 is 5.32 Å². The molecule has 1 aliphatic carbocycles. The van der Waals surface area contributed by atoms with E-state index in [1.54, 1.807) is 24.5 Å². The van der Waals surface area contributed by atoms with Gasteiger partial charge in [-0.25, -0.2) is 0 Å². The van der Waals surface area contributed by atoms with Gasteiger partial charge in [-0.2, -0.15) is 0 Å². The molecule has 0 radical (unpaired) electrons. The Morgan fingerprint density at radius 2 is 2.25 bits per heavy atom. The van der Waals surface area contributed by atoms with Crippen molar-refractivity contribution < 1.29 is 9.53 Å². The number of ether oxygens (including phenoxy) is 1. The fourth-order valence-corrected chi connectivity index (χ4v) is 4.31. The number of amides is 1. The highest BCUT2D eigenvalue weighted by atomic mass is 16.5. The maximum atomic E-state index is 12.2. The first-order valence-electron chi connectivity index (χ1n) is 9.34. The molecule has 1 amide bonds. The Hall–Kier alpha value is -1.46. The summed E-state index contributed by atoms with van der Waals surface area (Å²) in [7, 11) is 0. The Morgan fingerprint density at radius 3 is 3.00 bits per heavy atom. The molecule has 0 aromatic carbocycles. The summed E-state index contributed by atoms with van der Waals surface area (Å²) in [6.07, 6.45) is 12.1. The van der Waals surface area contributed by atoms with Crippen molar-refractivity contribution in [3.63, 3.8) is 0 Å². The third-order valence-electron chi connectivity index (χ3n) is 5.93. The Balaban J connectivity index is 1.30. The van der Waals surface area contributed by atoms with Crippen molar-refractivity contribution in [2.75, 3.05) is 19.6 Å². The molecule has 3 fully saturated rings. The normalized spacial score (nSPS) is 31.1. The van der Waals surface area contributed by atoms with E-state index in [1.807, 2.05) is 0 Å². The zero-order chi connectivity index (χ0) is 16.4. The molecule has 1 saturated carbocycles. The summed E-state index contributed by atoms with van der Waals surface area (Å²) in [6.45, 7) is 2.86. The third-order valence-corrected chi connectivity index (χ3v) is 5.93.